The fraction of sp³-hybridized carbons (Fsp3) is 0.367. The van der Waals surface area contributed by atoms with Gasteiger partial charge in [0.15, 0.2) is 11.5 Å². The fourth-order valence-corrected chi connectivity index (χ4v) is 5.26. The van der Waals surface area contributed by atoms with Crippen molar-refractivity contribution in [3.8, 4) is 17.2 Å². The van der Waals surface area contributed by atoms with Gasteiger partial charge in [-0.25, -0.2) is 4.98 Å². The fourth-order valence-electron chi connectivity index (χ4n) is 5.26. The third kappa shape index (κ3) is 5.21. The number of nitrogens with zero attached hydrogens (tertiary/aromatic N) is 3. The predicted molar refractivity (Wildman–Crippen MR) is 145 cm³/mol. The predicted octanol–water partition coefficient (Wildman–Crippen LogP) is 4.52. The number of ether oxygens (including phenoxy) is 3. The highest BCUT2D eigenvalue weighted by atomic mass is 16.5. The van der Waals surface area contributed by atoms with Crippen molar-refractivity contribution in [2.75, 3.05) is 19.8 Å². The molecule has 1 aromatic heterocycles. The van der Waals surface area contributed by atoms with Gasteiger partial charge in [0.2, 0.25) is 0 Å². The summed E-state index contributed by atoms with van der Waals surface area (Å²) in [5.41, 5.74) is 2.14. The smallest absolute Gasteiger partial charge is 0.295 e. The molecule has 204 valence electrons. The molecule has 9 nitrogen and oxygen atoms in total. The summed E-state index contributed by atoms with van der Waals surface area (Å²) in [5.74, 6) is 0.305. The summed E-state index contributed by atoms with van der Waals surface area (Å²) in [7, 11) is 0. The molecule has 3 aromatic rings. The average Bonchev–Trinajstić information content (AvgIpc) is 3.63. The highest BCUT2D eigenvalue weighted by molar-refractivity contribution is 6.46. The first kappa shape index (κ1) is 26.3. The molecule has 9 heteroatoms. The van der Waals surface area contributed by atoms with Crippen LogP contribution in [0.1, 0.15) is 49.9 Å². The number of amides is 1. The SMILES string of the molecule is CCOc1ccc([C@H]2/C(=C(\O)c3ccc4c(c3)C[C@@H](C)O4)C(=O)C(=O)N2CCCn2ccnc2)cc1OCC. The summed E-state index contributed by atoms with van der Waals surface area (Å²) in [6, 6.07) is 9.96. The van der Waals surface area contributed by atoms with E-state index in [2.05, 4.69) is 4.98 Å². The summed E-state index contributed by atoms with van der Waals surface area (Å²) >= 11 is 0. The molecule has 0 bridgehead atoms. The van der Waals surface area contributed by atoms with Crippen molar-refractivity contribution in [2.24, 2.45) is 0 Å². The number of aryl methyl sites for hydroxylation is 1. The summed E-state index contributed by atoms with van der Waals surface area (Å²) in [6.45, 7) is 7.58. The molecule has 3 heterocycles. The van der Waals surface area contributed by atoms with E-state index in [1.807, 2.05) is 43.7 Å². The Balaban J connectivity index is 1.57. The van der Waals surface area contributed by atoms with Gasteiger partial charge in [0.1, 0.15) is 17.6 Å². The maximum atomic E-state index is 13.5. The van der Waals surface area contributed by atoms with E-state index in [9.17, 15) is 14.7 Å². The molecule has 2 aliphatic rings. The largest absolute Gasteiger partial charge is 0.507 e. The molecule has 1 amide bonds. The van der Waals surface area contributed by atoms with Crippen LogP contribution in [0.5, 0.6) is 17.2 Å². The van der Waals surface area contributed by atoms with Gasteiger partial charge in [0, 0.05) is 37.5 Å². The van der Waals surface area contributed by atoms with E-state index < -0.39 is 17.7 Å². The zero-order chi connectivity index (χ0) is 27.5. The quantitative estimate of drug-likeness (QED) is 0.233. The summed E-state index contributed by atoms with van der Waals surface area (Å²) in [5, 5.41) is 11.5. The lowest BCUT2D eigenvalue weighted by molar-refractivity contribution is -0.139. The van der Waals surface area contributed by atoms with Gasteiger partial charge in [-0.15, -0.1) is 0 Å². The third-order valence-electron chi connectivity index (χ3n) is 6.97. The minimum atomic E-state index is -0.786. The highest BCUT2D eigenvalue weighted by Crippen LogP contribution is 2.43. The average molecular weight is 532 g/mol. The topological polar surface area (TPSA) is 103 Å². The van der Waals surface area contributed by atoms with E-state index in [4.69, 9.17) is 14.2 Å². The van der Waals surface area contributed by atoms with Crippen LogP contribution in [0.2, 0.25) is 0 Å². The minimum Gasteiger partial charge on any atom is -0.507 e. The van der Waals surface area contributed by atoms with E-state index in [0.29, 0.717) is 61.8 Å². The first-order valence-corrected chi connectivity index (χ1v) is 13.3. The number of fused-ring (bicyclic) bond motifs is 1. The Kier molecular flexibility index (Phi) is 7.58. The number of hydrogen-bond acceptors (Lipinski definition) is 7. The third-order valence-corrected chi connectivity index (χ3v) is 6.97. The summed E-state index contributed by atoms with van der Waals surface area (Å²) in [6.07, 6.45) is 6.61. The van der Waals surface area contributed by atoms with Gasteiger partial charge in [-0.3, -0.25) is 9.59 Å². The number of carbonyl (C=O) groups is 2. The molecular weight excluding hydrogens is 498 g/mol. The molecule has 2 aliphatic heterocycles. The molecule has 0 aliphatic carbocycles. The minimum absolute atomic E-state index is 0.0410. The lowest BCUT2D eigenvalue weighted by Gasteiger charge is -2.26. The van der Waals surface area contributed by atoms with Crippen molar-refractivity contribution in [1.82, 2.24) is 14.5 Å². The van der Waals surface area contributed by atoms with Crippen molar-refractivity contribution in [1.29, 1.82) is 0 Å². The number of imidazole rings is 1. The van der Waals surface area contributed by atoms with Crippen LogP contribution in [0.4, 0.5) is 0 Å². The number of carbonyl (C=O) groups excluding carboxylic acids is 2. The molecule has 0 spiro atoms. The van der Waals surface area contributed by atoms with Crippen LogP contribution in [-0.2, 0) is 22.6 Å². The Morgan fingerprint density at radius 1 is 1.08 bits per heavy atom. The van der Waals surface area contributed by atoms with Crippen molar-refractivity contribution in [3.63, 3.8) is 0 Å². The molecule has 5 rings (SSSR count). The Labute approximate surface area is 227 Å². The maximum absolute atomic E-state index is 13.5. The van der Waals surface area contributed by atoms with Crippen molar-refractivity contribution >= 4 is 17.4 Å². The molecule has 1 fully saturated rings. The molecule has 0 saturated carbocycles. The van der Waals surface area contributed by atoms with Crippen LogP contribution >= 0.6 is 0 Å². The van der Waals surface area contributed by atoms with Crippen LogP contribution < -0.4 is 14.2 Å². The molecule has 2 aromatic carbocycles. The molecule has 39 heavy (non-hydrogen) atoms. The zero-order valence-electron chi connectivity index (χ0n) is 22.4. The molecule has 2 atom stereocenters. The molecule has 1 saturated heterocycles. The Morgan fingerprint density at radius 3 is 2.62 bits per heavy atom. The van der Waals surface area contributed by atoms with Gasteiger partial charge in [-0.2, -0.15) is 0 Å². The summed E-state index contributed by atoms with van der Waals surface area (Å²) < 4.78 is 19.3. The van der Waals surface area contributed by atoms with Crippen LogP contribution in [0.15, 0.2) is 60.7 Å². The standard InChI is InChI=1S/C30H33N3O6/c1-4-37-24-10-7-20(17-25(24)38-5-2)27-26(28(34)21-8-9-23-22(16-21)15-19(3)39-23)29(35)30(36)33(27)13-6-12-32-14-11-31-18-32/h7-11,14,16-19,27,34H,4-6,12-13,15H2,1-3H3/b28-26+/t19-,27+/m1/s1. The number of ketones is 1. The lowest BCUT2D eigenvalue weighted by Crippen LogP contribution is -2.31. The summed E-state index contributed by atoms with van der Waals surface area (Å²) in [4.78, 5) is 32.4. The maximum Gasteiger partial charge on any atom is 0.295 e. The highest BCUT2D eigenvalue weighted by Gasteiger charge is 2.46. The van der Waals surface area contributed by atoms with E-state index in [1.165, 1.54) is 4.90 Å². The normalized spacial score (nSPS) is 19.7. The van der Waals surface area contributed by atoms with Gasteiger partial charge in [-0.05, 0) is 68.7 Å². The first-order chi connectivity index (χ1) is 18.9. The lowest BCUT2D eigenvalue weighted by atomic mass is 9.94. The Morgan fingerprint density at radius 2 is 1.87 bits per heavy atom. The van der Waals surface area contributed by atoms with E-state index in [0.717, 1.165) is 11.3 Å². The number of aromatic nitrogens is 2. The van der Waals surface area contributed by atoms with Gasteiger partial charge >= 0.3 is 0 Å². The van der Waals surface area contributed by atoms with E-state index in [1.54, 1.807) is 36.8 Å². The Hall–Kier alpha value is -4.27. The van der Waals surface area contributed by atoms with Gasteiger partial charge in [0.25, 0.3) is 11.7 Å². The van der Waals surface area contributed by atoms with Gasteiger partial charge in [0.05, 0.1) is 31.2 Å². The number of rotatable bonds is 10. The number of benzene rings is 2. The Bertz CT molecular complexity index is 1400. The second kappa shape index (κ2) is 11.2. The van der Waals surface area contributed by atoms with Gasteiger partial charge < -0.3 is 28.8 Å². The second-order valence-corrected chi connectivity index (χ2v) is 9.67. The van der Waals surface area contributed by atoms with Gasteiger partial charge in [-0.1, -0.05) is 6.07 Å². The molecule has 1 N–H and O–H groups in total. The van der Waals surface area contributed by atoms with Crippen LogP contribution in [0.25, 0.3) is 5.76 Å². The number of Topliss-reactive ketones (excluding diaryl/α,β-unsaturated/α-hetero) is 1. The van der Waals surface area contributed by atoms with Crippen LogP contribution in [0, 0.1) is 0 Å². The molecular formula is C30H33N3O6. The zero-order valence-corrected chi connectivity index (χ0v) is 22.4. The van der Waals surface area contributed by atoms with Crippen LogP contribution in [0.3, 0.4) is 0 Å². The molecule has 0 unspecified atom stereocenters. The number of hydrogen-bond donors (Lipinski definition) is 1. The number of aliphatic hydroxyl groups excluding tert-OH is 1. The van der Waals surface area contributed by atoms with E-state index in [-0.39, 0.29) is 17.4 Å². The number of aliphatic hydroxyl groups is 1. The van der Waals surface area contributed by atoms with Crippen molar-refractivity contribution in [3.05, 3.63) is 77.4 Å². The molecule has 0 radical (unpaired) electrons. The monoisotopic (exact) mass is 531 g/mol. The van der Waals surface area contributed by atoms with E-state index >= 15 is 0 Å². The van der Waals surface area contributed by atoms with Crippen molar-refractivity contribution in [2.45, 2.75) is 52.3 Å². The first-order valence-electron chi connectivity index (χ1n) is 13.3. The van der Waals surface area contributed by atoms with Crippen LogP contribution in [-0.4, -0.2) is 57.1 Å². The number of likely N-dealkylation sites (tertiary alicyclic amines) is 1. The van der Waals surface area contributed by atoms with Crippen molar-refractivity contribution < 1.29 is 28.9 Å². The second-order valence-electron chi connectivity index (χ2n) is 9.67.